The number of carbonyl (C=O) groups excluding carboxylic acids is 2. The molecule has 3 unspecified atom stereocenters. The van der Waals surface area contributed by atoms with E-state index >= 15 is 0 Å². The zero-order valence-corrected chi connectivity index (χ0v) is 15.0. The van der Waals surface area contributed by atoms with Gasteiger partial charge in [-0.25, -0.2) is 4.39 Å². The van der Waals surface area contributed by atoms with Gasteiger partial charge in [-0.05, 0) is 31.0 Å². The quantitative estimate of drug-likeness (QED) is 0.577. The predicted molar refractivity (Wildman–Crippen MR) is 89.1 cm³/mol. The molecule has 0 aliphatic carbocycles. The van der Waals surface area contributed by atoms with Gasteiger partial charge in [0, 0.05) is 19.6 Å². The van der Waals surface area contributed by atoms with Crippen LogP contribution < -0.4 is 10.6 Å². The molecule has 0 saturated carbocycles. The molecule has 150 valence electrons. The van der Waals surface area contributed by atoms with E-state index in [0.717, 1.165) is 6.92 Å². The third kappa shape index (κ3) is 4.77. The van der Waals surface area contributed by atoms with Gasteiger partial charge in [0.05, 0.1) is 24.4 Å². The minimum atomic E-state index is -4.53. The molecule has 1 fully saturated rings. The Bertz CT molecular complexity index is 678. The maximum atomic E-state index is 13.3. The van der Waals surface area contributed by atoms with E-state index in [2.05, 4.69) is 10.6 Å². The summed E-state index contributed by atoms with van der Waals surface area (Å²) in [5, 5.41) is 5.05. The number of alkyl halides is 3. The molecule has 2 rings (SSSR count). The predicted octanol–water partition coefficient (Wildman–Crippen LogP) is 2.06. The Morgan fingerprint density at radius 3 is 2.52 bits per heavy atom. The lowest BCUT2D eigenvalue weighted by Gasteiger charge is -2.32. The van der Waals surface area contributed by atoms with E-state index < -0.39 is 41.1 Å². The molecule has 2 N–H and O–H groups in total. The van der Waals surface area contributed by atoms with Gasteiger partial charge in [-0.15, -0.1) is 0 Å². The molecule has 0 spiro atoms. The van der Waals surface area contributed by atoms with Crippen LogP contribution >= 0.6 is 0 Å². The molecule has 5 nitrogen and oxygen atoms in total. The van der Waals surface area contributed by atoms with Gasteiger partial charge < -0.3 is 15.4 Å². The van der Waals surface area contributed by atoms with Gasteiger partial charge in [0.25, 0.3) is 0 Å². The molecule has 9 heteroatoms. The second kappa shape index (κ2) is 8.24. The molecule has 3 atom stereocenters. The van der Waals surface area contributed by atoms with Crippen LogP contribution in [-0.2, 0) is 20.7 Å². The lowest BCUT2D eigenvalue weighted by molar-refractivity contribution is -0.223. The summed E-state index contributed by atoms with van der Waals surface area (Å²) in [7, 11) is 1.18. The van der Waals surface area contributed by atoms with Crippen molar-refractivity contribution < 1.29 is 31.9 Å². The van der Waals surface area contributed by atoms with Gasteiger partial charge in [0.1, 0.15) is 5.82 Å². The third-order valence-electron chi connectivity index (χ3n) is 5.03. The van der Waals surface area contributed by atoms with Gasteiger partial charge in [-0.1, -0.05) is 12.1 Å². The van der Waals surface area contributed by atoms with Gasteiger partial charge >= 0.3 is 12.1 Å². The number of rotatable bonds is 6. The summed E-state index contributed by atoms with van der Waals surface area (Å²) in [6.07, 6.45) is -4.37. The van der Waals surface area contributed by atoms with E-state index in [9.17, 15) is 27.2 Å². The van der Waals surface area contributed by atoms with E-state index in [0.29, 0.717) is 5.56 Å². The van der Waals surface area contributed by atoms with Crippen molar-refractivity contribution in [2.75, 3.05) is 26.7 Å². The highest BCUT2D eigenvalue weighted by Crippen LogP contribution is 2.46. The molecule has 0 radical (unpaired) electrons. The number of benzene rings is 1. The largest absolute Gasteiger partial charge is 0.469 e. The van der Waals surface area contributed by atoms with Crippen molar-refractivity contribution in [2.24, 2.45) is 17.3 Å². The number of ether oxygens (including phenoxy) is 1. The number of hydrogen-bond donors (Lipinski definition) is 2. The molecule has 1 saturated heterocycles. The van der Waals surface area contributed by atoms with Crippen LogP contribution in [0.4, 0.5) is 17.6 Å². The molecule has 27 heavy (non-hydrogen) atoms. The lowest BCUT2D eigenvalue weighted by Crippen LogP contribution is -2.49. The number of esters is 1. The van der Waals surface area contributed by atoms with E-state index in [-0.39, 0.29) is 26.1 Å². The first kappa shape index (κ1) is 21.1. The molecular formula is C18H22F4N2O3. The maximum absolute atomic E-state index is 13.3. The third-order valence-corrected chi connectivity index (χ3v) is 5.03. The topological polar surface area (TPSA) is 67.4 Å². The number of amides is 1. The van der Waals surface area contributed by atoms with Crippen molar-refractivity contribution in [2.45, 2.75) is 19.5 Å². The summed E-state index contributed by atoms with van der Waals surface area (Å²) < 4.78 is 57.7. The minimum Gasteiger partial charge on any atom is -0.469 e. The molecule has 1 amide bonds. The molecule has 1 aliphatic rings. The standard InChI is InChI=1S/C18H22F4N2O3/c1-17(18(20,21)22)10-23-9-14(17)15(25)24-8-12(16(26)27-2)7-11-3-5-13(19)6-4-11/h3-6,12,14,23H,7-10H2,1-2H3,(H,24,25). The van der Waals surface area contributed by atoms with E-state index in [1.807, 2.05) is 0 Å². The van der Waals surface area contributed by atoms with Gasteiger partial charge in [0.2, 0.25) is 5.91 Å². The number of carbonyl (C=O) groups is 2. The number of methoxy groups -OCH3 is 1. The summed E-state index contributed by atoms with van der Waals surface area (Å²) in [5.41, 5.74) is -1.53. The summed E-state index contributed by atoms with van der Waals surface area (Å²) in [4.78, 5) is 24.3. The molecule has 1 aliphatic heterocycles. The highest BCUT2D eigenvalue weighted by Gasteiger charge is 2.60. The minimum absolute atomic E-state index is 0.0945. The van der Waals surface area contributed by atoms with Crippen LogP contribution in [0, 0.1) is 23.1 Å². The molecule has 0 bridgehead atoms. The first-order valence-electron chi connectivity index (χ1n) is 8.46. The molecule has 0 aromatic heterocycles. The monoisotopic (exact) mass is 390 g/mol. The van der Waals surface area contributed by atoms with Gasteiger partial charge in [0.15, 0.2) is 0 Å². The zero-order chi connectivity index (χ0) is 20.2. The van der Waals surface area contributed by atoms with Gasteiger partial charge in [-0.2, -0.15) is 13.2 Å². The van der Waals surface area contributed by atoms with E-state index in [1.54, 1.807) is 0 Å². The van der Waals surface area contributed by atoms with E-state index in [1.165, 1.54) is 31.4 Å². The molecule has 1 aromatic rings. The van der Waals surface area contributed by atoms with Crippen LogP contribution in [0.1, 0.15) is 12.5 Å². The Balaban J connectivity index is 2.04. The fraction of sp³-hybridized carbons (Fsp3) is 0.556. The second-order valence-corrected chi connectivity index (χ2v) is 6.89. The van der Waals surface area contributed by atoms with Crippen molar-refractivity contribution in [3.63, 3.8) is 0 Å². The SMILES string of the molecule is COC(=O)C(CNC(=O)C1CNCC1(C)C(F)(F)F)Cc1ccc(F)cc1. The summed E-state index contributed by atoms with van der Waals surface area (Å²) >= 11 is 0. The molecule has 1 heterocycles. The average Bonchev–Trinajstić information content (AvgIpc) is 3.02. The second-order valence-electron chi connectivity index (χ2n) is 6.89. The van der Waals surface area contributed by atoms with Crippen molar-refractivity contribution in [1.29, 1.82) is 0 Å². The smallest absolute Gasteiger partial charge is 0.396 e. The highest BCUT2D eigenvalue weighted by molar-refractivity contribution is 5.81. The van der Waals surface area contributed by atoms with Crippen molar-refractivity contribution in [3.05, 3.63) is 35.6 Å². The highest BCUT2D eigenvalue weighted by atomic mass is 19.4. The fourth-order valence-corrected chi connectivity index (χ4v) is 3.16. The van der Waals surface area contributed by atoms with Crippen molar-refractivity contribution in [3.8, 4) is 0 Å². The van der Waals surface area contributed by atoms with Crippen LogP contribution in [0.25, 0.3) is 0 Å². The first-order valence-corrected chi connectivity index (χ1v) is 8.46. The maximum Gasteiger partial charge on any atom is 0.396 e. The van der Waals surface area contributed by atoms with Crippen LogP contribution in [-0.4, -0.2) is 44.8 Å². The normalized spacial score (nSPS) is 23.7. The molecule has 1 aromatic carbocycles. The van der Waals surface area contributed by atoms with E-state index in [4.69, 9.17) is 4.74 Å². The Morgan fingerprint density at radius 2 is 1.96 bits per heavy atom. The number of halogens is 4. The number of nitrogens with one attached hydrogen (secondary N) is 2. The Hall–Kier alpha value is -2.16. The van der Waals surface area contributed by atoms with Crippen molar-refractivity contribution in [1.82, 2.24) is 10.6 Å². The van der Waals surface area contributed by atoms with Crippen LogP contribution in [0.3, 0.4) is 0 Å². The Kier molecular flexibility index (Phi) is 6.46. The summed E-state index contributed by atoms with van der Waals surface area (Å²) in [6, 6.07) is 5.46. The lowest BCUT2D eigenvalue weighted by atomic mass is 9.78. The van der Waals surface area contributed by atoms with Crippen LogP contribution in [0.2, 0.25) is 0 Å². The Morgan fingerprint density at radius 1 is 1.33 bits per heavy atom. The van der Waals surface area contributed by atoms with Crippen molar-refractivity contribution >= 4 is 11.9 Å². The average molecular weight is 390 g/mol. The fourth-order valence-electron chi connectivity index (χ4n) is 3.16. The molecular weight excluding hydrogens is 368 g/mol. The number of hydrogen-bond acceptors (Lipinski definition) is 4. The first-order chi connectivity index (χ1) is 12.6. The van der Waals surface area contributed by atoms with Crippen LogP contribution in [0.15, 0.2) is 24.3 Å². The van der Waals surface area contributed by atoms with Crippen LogP contribution in [0.5, 0.6) is 0 Å². The summed E-state index contributed by atoms with van der Waals surface area (Å²) in [5.74, 6) is -3.89. The zero-order valence-electron chi connectivity index (χ0n) is 15.0. The van der Waals surface area contributed by atoms with Gasteiger partial charge in [-0.3, -0.25) is 9.59 Å². The summed E-state index contributed by atoms with van der Waals surface area (Å²) in [6.45, 7) is 0.397. The Labute approximate surface area is 154 Å².